The largest absolute Gasteiger partial charge is 0.326 e. The van der Waals surface area contributed by atoms with E-state index < -0.39 is 28.0 Å². The number of carbonyl (C=O) groups excluding carboxylic acids is 2. The van der Waals surface area contributed by atoms with Crippen molar-refractivity contribution < 1.29 is 9.59 Å². The summed E-state index contributed by atoms with van der Waals surface area (Å²) in [6.45, 7) is 0. The molecule has 0 radical (unpaired) electrons. The summed E-state index contributed by atoms with van der Waals surface area (Å²) in [5, 5.41) is 6.65. The molecule has 1 fully saturated rings. The lowest BCUT2D eigenvalue weighted by molar-refractivity contribution is -0.117. The molecular formula is C23H14Cl5IN2O2. The first-order chi connectivity index (χ1) is 15.6. The highest BCUT2D eigenvalue weighted by atomic mass is 127. The summed E-state index contributed by atoms with van der Waals surface area (Å²) in [6, 6.07) is 16.9. The molecular weight excluding hydrogens is 640 g/mol. The normalized spacial score (nSPS) is 18.5. The molecule has 0 bridgehead atoms. The van der Waals surface area contributed by atoms with Gasteiger partial charge in [0.2, 0.25) is 5.91 Å². The Bertz CT molecular complexity index is 1230. The lowest BCUT2D eigenvalue weighted by Crippen LogP contribution is -2.18. The summed E-state index contributed by atoms with van der Waals surface area (Å²) < 4.78 is -0.267. The van der Waals surface area contributed by atoms with Crippen molar-refractivity contribution in [2.45, 2.75) is 10.3 Å². The van der Waals surface area contributed by atoms with E-state index >= 15 is 0 Å². The Kier molecular flexibility index (Phi) is 7.39. The molecule has 2 atom stereocenters. The second-order valence-electron chi connectivity index (χ2n) is 7.48. The highest BCUT2D eigenvalue weighted by Gasteiger charge is 2.67. The second-order valence-corrected chi connectivity index (χ2v) is 11.4. The Labute approximate surface area is 229 Å². The smallest absolute Gasteiger partial charge is 0.257 e. The third-order valence-corrected chi connectivity index (χ3v) is 7.59. The molecule has 1 aliphatic carbocycles. The molecule has 0 heterocycles. The van der Waals surface area contributed by atoms with Gasteiger partial charge >= 0.3 is 0 Å². The zero-order chi connectivity index (χ0) is 23.9. The number of rotatable bonds is 5. The zero-order valence-corrected chi connectivity index (χ0v) is 22.4. The molecule has 2 amide bonds. The van der Waals surface area contributed by atoms with Crippen molar-refractivity contribution in [2.75, 3.05) is 10.6 Å². The molecule has 2 unspecified atom stereocenters. The van der Waals surface area contributed by atoms with Crippen LogP contribution in [0.2, 0.25) is 15.1 Å². The quantitative estimate of drug-likeness (QED) is 0.216. The molecule has 0 saturated heterocycles. The third kappa shape index (κ3) is 5.55. The molecule has 1 aliphatic rings. The van der Waals surface area contributed by atoms with E-state index in [9.17, 15) is 9.59 Å². The first-order valence-corrected chi connectivity index (χ1v) is 12.5. The maximum absolute atomic E-state index is 13.0. The average molecular weight is 655 g/mol. The maximum atomic E-state index is 13.0. The van der Waals surface area contributed by atoms with Crippen molar-refractivity contribution in [3.8, 4) is 0 Å². The van der Waals surface area contributed by atoms with Crippen molar-refractivity contribution in [3.05, 3.63) is 90.4 Å². The first-order valence-electron chi connectivity index (χ1n) is 9.57. The van der Waals surface area contributed by atoms with Crippen LogP contribution >= 0.6 is 80.6 Å². The molecule has 4 rings (SSSR count). The van der Waals surface area contributed by atoms with Crippen molar-refractivity contribution in [3.63, 3.8) is 0 Å². The zero-order valence-electron chi connectivity index (χ0n) is 16.5. The second kappa shape index (κ2) is 9.80. The predicted octanol–water partition coefficient (Wildman–Crippen LogP) is 8.03. The highest BCUT2D eigenvalue weighted by Crippen LogP contribution is 2.65. The van der Waals surface area contributed by atoms with Gasteiger partial charge in [0.25, 0.3) is 5.91 Å². The standard InChI is InChI=1S/C23H14Cl5IN2O2/c24-12-7-11(8-13(25)9-12)19-20(23(19,27)28)22(33)31-16-5-6-18(26)17(10-16)21(32)30-15-3-1-14(29)2-4-15/h1-10,19-20H,(H,30,32)(H,31,33). The maximum Gasteiger partial charge on any atom is 0.257 e. The Morgan fingerprint density at radius 1 is 0.818 bits per heavy atom. The van der Waals surface area contributed by atoms with Crippen LogP contribution in [-0.4, -0.2) is 16.1 Å². The number of carbonyl (C=O) groups is 2. The van der Waals surface area contributed by atoms with Gasteiger partial charge in [-0.2, -0.15) is 0 Å². The van der Waals surface area contributed by atoms with E-state index in [1.807, 2.05) is 12.1 Å². The SMILES string of the molecule is O=C(Nc1ccc(I)cc1)c1cc(NC(=O)C2C(c3cc(Cl)cc(Cl)c3)C2(Cl)Cl)ccc1Cl. The molecule has 2 N–H and O–H groups in total. The van der Waals surface area contributed by atoms with E-state index in [1.165, 1.54) is 12.1 Å². The van der Waals surface area contributed by atoms with Crippen LogP contribution in [0.4, 0.5) is 11.4 Å². The van der Waals surface area contributed by atoms with Crippen molar-refractivity contribution >= 4 is 104 Å². The van der Waals surface area contributed by atoms with E-state index in [0.717, 1.165) is 3.57 Å². The lowest BCUT2D eigenvalue weighted by atomic mass is 10.1. The fraction of sp³-hybridized carbons (Fsp3) is 0.130. The number of halogens is 6. The monoisotopic (exact) mass is 652 g/mol. The number of hydrogen-bond acceptors (Lipinski definition) is 2. The van der Waals surface area contributed by atoms with Gasteiger partial charge in [-0.05, 0) is 88.8 Å². The fourth-order valence-corrected chi connectivity index (χ4v) is 5.49. The van der Waals surface area contributed by atoms with Crippen LogP contribution in [0.25, 0.3) is 0 Å². The highest BCUT2D eigenvalue weighted by molar-refractivity contribution is 14.1. The molecule has 0 aromatic heterocycles. The van der Waals surface area contributed by atoms with Gasteiger partial charge in [-0.3, -0.25) is 9.59 Å². The van der Waals surface area contributed by atoms with E-state index in [0.29, 0.717) is 27.0 Å². The van der Waals surface area contributed by atoms with Crippen LogP contribution in [0.1, 0.15) is 21.8 Å². The van der Waals surface area contributed by atoms with Gasteiger partial charge in [-0.15, -0.1) is 23.2 Å². The van der Waals surface area contributed by atoms with E-state index in [1.54, 1.807) is 36.4 Å². The Morgan fingerprint density at radius 3 is 2.06 bits per heavy atom. The fourth-order valence-electron chi connectivity index (χ4n) is 3.55. The molecule has 33 heavy (non-hydrogen) atoms. The number of nitrogens with one attached hydrogen (secondary N) is 2. The van der Waals surface area contributed by atoms with E-state index in [2.05, 4.69) is 33.2 Å². The van der Waals surface area contributed by atoms with Crippen LogP contribution in [0, 0.1) is 9.49 Å². The molecule has 3 aromatic rings. The molecule has 10 heteroatoms. The number of anilines is 2. The third-order valence-electron chi connectivity index (χ3n) is 5.16. The molecule has 170 valence electrons. The first kappa shape index (κ1) is 24.9. The van der Waals surface area contributed by atoms with Crippen LogP contribution in [0.15, 0.2) is 60.7 Å². The van der Waals surface area contributed by atoms with Crippen LogP contribution in [-0.2, 0) is 4.79 Å². The number of amides is 2. The number of hydrogen-bond donors (Lipinski definition) is 2. The summed E-state index contributed by atoms with van der Waals surface area (Å²) in [5.41, 5.74) is 1.90. The van der Waals surface area contributed by atoms with Crippen LogP contribution in [0.3, 0.4) is 0 Å². The summed E-state index contributed by atoms with van der Waals surface area (Å²) in [7, 11) is 0. The Balaban J connectivity index is 1.50. The van der Waals surface area contributed by atoms with Gasteiger partial charge < -0.3 is 10.6 Å². The van der Waals surface area contributed by atoms with Gasteiger partial charge in [-0.1, -0.05) is 34.8 Å². The van der Waals surface area contributed by atoms with Gasteiger partial charge in [0.1, 0.15) is 4.33 Å². The number of benzene rings is 3. The average Bonchev–Trinajstić information content (AvgIpc) is 3.32. The Hall–Kier alpha value is -1.22. The molecule has 4 nitrogen and oxygen atoms in total. The van der Waals surface area contributed by atoms with Gasteiger partial charge in [0.05, 0.1) is 16.5 Å². The van der Waals surface area contributed by atoms with Crippen molar-refractivity contribution in [1.82, 2.24) is 0 Å². The summed E-state index contributed by atoms with van der Waals surface area (Å²) >= 11 is 33.4. The van der Waals surface area contributed by atoms with E-state index in [4.69, 9.17) is 58.0 Å². The van der Waals surface area contributed by atoms with Crippen LogP contribution in [0.5, 0.6) is 0 Å². The van der Waals surface area contributed by atoms with Gasteiger partial charge in [-0.25, -0.2) is 0 Å². The Morgan fingerprint density at radius 2 is 1.42 bits per heavy atom. The molecule has 0 spiro atoms. The minimum absolute atomic E-state index is 0.213. The minimum atomic E-state index is -1.31. The van der Waals surface area contributed by atoms with Crippen molar-refractivity contribution in [2.24, 2.45) is 5.92 Å². The van der Waals surface area contributed by atoms with Gasteiger partial charge in [0, 0.05) is 30.9 Å². The molecule has 0 aliphatic heterocycles. The molecule has 3 aromatic carbocycles. The summed E-state index contributed by atoms with van der Waals surface area (Å²) in [4.78, 5) is 25.7. The van der Waals surface area contributed by atoms with E-state index in [-0.39, 0.29) is 10.6 Å². The predicted molar refractivity (Wildman–Crippen MR) is 144 cm³/mol. The lowest BCUT2D eigenvalue weighted by Gasteiger charge is -2.10. The topological polar surface area (TPSA) is 58.2 Å². The van der Waals surface area contributed by atoms with Gasteiger partial charge in [0.15, 0.2) is 0 Å². The number of alkyl halides is 2. The van der Waals surface area contributed by atoms with Crippen LogP contribution < -0.4 is 10.6 Å². The molecule has 1 saturated carbocycles. The van der Waals surface area contributed by atoms with Crippen molar-refractivity contribution in [1.29, 1.82) is 0 Å². The summed E-state index contributed by atoms with van der Waals surface area (Å²) in [6.07, 6.45) is 0. The summed E-state index contributed by atoms with van der Waals surface area (Å²) in [5.74, 6) is -2.00. The minimum Gasteiger partial charge on any atom is -0.326 e.